The van der Waals surface area contributed by atoms with Crippen LogP contribution in [0, 0.1) is 0 Å². The zero-order chi connectivity index (χ0) is 20.1. The molecule has 1 aromatic heterocycles. The van der Waals surface area contributed by atoms with E-state index in [1.54, 1.807) is 7.11 Å². The van der Waals surface area contributed by atoms with Gasteiger partial charge in [0.2, 0.25) is 11.8 Å². The third-order valence-corrected chi connectivity index (χ3v) is 4.54. The highest BCUT2D eigenvalue weighted by Gasteiger charge is 2.20. The molecule has 28 heavy (non-hydrogen) atoms. The second-order valence-electron chi connectivity index (χ2n) is 7.73. The van der Waals surface area contributed by atoms with Crippen LogP contribution in [0.3, 0.4) is 0 Å². The summed E-state index contributed by atoms with van der Waals surface area (Å²) in [5.74, 6) is 1.78. The van der Waals surface area contributed by atoms with Gasteiger partial charge in [-0.15, -0.1) is 0 Å². The Morgan fingerprint density at radius 3 is 2.29 bits per heavy atom. The topological polar surface area (TPSA) is 65.6 Å². The van der Waals surface area contributed by atoms with Crippen molar-refractivity contribution in [2.45, 2.75) is 26.3 Å². The van der Waals surface area contributed by atoms with Crippen LogP contribution in [-0.2, 0) is 0 Å². The van der Waals surface area contributed by atoms with Crippen molar-refractivity contribution in [2.24, 2.45) is 0 Å². The minimum absolute atomic E-state index is 0.139. The third-order valence-electron chi connectivity index (χ3n) is 4.34. The maximum atomic E-state index is 5.37. The summed E-state index contributed by atoms with van der Waals surface area (Å²) in [7, 11) is 1.61. The van der Waals surface area contributed by atoms with E-state index in [2.05, 4.69) is 54.7 Å². The predicted octanol–water partition coefficient (Wildman–Crippen LogP) is 2.90. The number of rotatable bonds is 4. The molecule has 1 aliphatic heterocycles. The molecular formula is C20H28N6OS. The van der Waals surface area contributed by atoms with Gasteiger partial charge in [0.1, 0.15) is 5.82 Å². The Labute approximate surface area is 172 Å². The van der Waals surface area contributed by atoms with E-state index in [-0.39, 0.29) is 5.54 Å². The van der Waals surface area contributed by atoms with Crippen molar-refractivity contribution < 1.29 is 4.74 Å². The summed E-state index contributed by atoms with van der Waals surface area (Å²) in [5.41, 5.74) is 1.11. The first kappa shape index (κ1) is 20.1. The van der Waals surface area contributed by atoms with Crippen LogP contribution in [0.4, 0.5) is 17.5 Å². The number of hydrogen-bond acceptors (Lipinski definition) is 6. The van der Waals surface area contributed by atoms with Gasteiger partial charge in [0, 0.05) is 43.5 Å². The van der Waals surface area contributed by atoms with Crippen LogP contribution >= 0.6 is 12.2 Å². The summed E-state index contributed by atoms with van der Waals surface area (Å²) in [5, 5.41) is 6.76. The second-order valence-corrected chi connectivity index (χ2v) is 8.14. The molecule has 1 aromatic carbocycles. The van der Waals surface area contributed by atoms with Gasteiger partial charge in [0.15, 0.2) is 5.11 Å². The quantitative estimate of drug-likeness (QED) is 0.760. The van der Waals surface area contributed by atoms with Crippen LogP contribution in [-0.4, -0.2) is 53.9 Å². The van der Waals surface area contributed by atoms with Crippen LogP contribution < -0.4 is 25.2 Å². The monoisotopic (exact) mass is 400 g/mol. The summed E-state index contributed by atoms with van der Waals surface area (Å²) in [6.45, 7) is 9.76. The lowest BCUT2D eigenvalue weighted by molar-refractivity contribution is 0.397. The van der Waals surface area contributed by atoms with E-state index < -0.39 is 0 Å². The predicted molar refractivity (Wildman–Crippen MR) is 119 cm³/mol. The third kappa shape index (κ3) is 5.45. The Balaban J connectivity index is 1.69. The number of ether oxygens (including phenoxy) is 1. The molecule has 0 radical (unpaired) electrons. The highest BCUT2D eigenvalue weighted by molar-refractivity contribution is 7.80. The van der Waals surface area contributed by atoms with Crippen LogP contribution in [0.15, 0.2) is 36.4 Å². The van der Waals surface area contributed by atoms with E-state index in [0.29, 0.717) is 16.9 Å². The fourth-order valence-corrected chi connectivity index (χ4v) is 3.44. The lowest BCUT2D eigenvalue weighted by Gasteiger charge is -2.36. The molecule has 0 saturated carbocycles. The molecule has 1 fully saturated rings. The largest absolute Gasteiger partial charge is 0.481 e. The van der Waals surface area contributed by atoms with Crippen molar-refractivity contribution >= 4 is 34.8 Å². The molecule has 0 bridgehead atoms. The van der Waals surface area contributed by atoms with Gasteiger partial charge in [0.25, 0.3) is 0 Å². The average molecular weight is 401 g/mol. The molecule has 1 saturated heterocycles. The molecule has 8 heteroatoms. The van der Waals surface area contributed by atoms with Gasteiger partial charge in [-0.05, 0) is 45.1 Å². The van der Waals surface area contributed by atoms with Crippen LogP contribution in [0.2, 0.25) is 0 Å². The molecule has 2 heterocycles. The van der Waals surface area contributed by atoms with E-state index >= 15 is 0 Å². The number of methoxy groups -OCH3 is 1. The smallest absolute Gasteiger partial charge is 0.234 e. The maximum absolute atomic E-state index is 5.37. The van der Waals surface area contributed by atoms with E-state index in [9.17, 15) is 0 Å². The minimum Gasteiger partial charge on any atom is -0.481 e. The van der Waals surface area contributed by atoms with Gasteiger partial charge in [-0.2, -0.15) is 9.97 Å². The molecule has 2 aromatic rings. The normalized spacial score (nSPS) is 14.6. The summed E-state index contributed by atoms with van der Waals surface area (Å²) >= 11 is 5.37. The fourth-order valence-electron chi connectivity index (χ4n) is 3.04. The number of piperazine rings is 1. The number of nitrogens with one attached hydrogen (secondary N) is 2. The highest BCUT2D eigenvalue weighted by atomic mass is 32.1. The lowest BCUT2D eigenvalue weighted by atomic mass is 10.1. The Morgan fingerprint density at radius 2 is 1.68 bits per heavy atom. The molecule has 2 N–H and O–H groups in total. The molecule has 0 aliphatic carbocycles. The molecule has 0 atom stereocenters. The Hall–Kier alpha value is -2.61. The van der Waals surface area contributed by atoms with Crippen LogP contribution in [0.25, 0.3) is 0 Å². The number of benzene rings is 1. The first-order valence-electron chi connectivity index (χ1n) is 9.41. The van der Waals surface area contributed by atoms with Gasteiger partial charge in [-0.25, -0.2) is 0 Å². The second kappa shape index (κ2) is 8.60. The summed E-state index contributed by atoms with van der Waals surface area (Å²) in [6.07, 6.45) is 0. The van der Waals surface area contributed by atoms with E-state index in [1.165, 1.54) is 5.69 Å². The van der Waals surface area contributed by atoms with E-state index in [1.807, 2.05) is 32.9 Å². The highest BCUT2D eigenvalue weighted by Crippen LogP contribution is 2.23. The standard InChI is InChI=1S/C20H28N6OS/c1-20(2,3)24-19(28)23-18-21-16(14-17(22-18)27-4)26-12-10-25(11-13-26)15-8-6-5-7-9-15/h5-9,14H,10-13H2,1-4H3,(H2,21,22,23,24,28). The molecule has 7 nitrogen and oxygen atoms in total. The maximum Gasteiger partial charge on any atom is 0.234 e. The molecular weight excluding hydrogens is 372 g/mol. The minimum atomic E-state index is -0.139. The van der Waals surface area contributed by atoms with E-state index in [0.717, 1.165) is 32.0 Å². The molecule has 0 spiro atoms. The molecule has 0 unspecified atom stereocenters. The number of hydrogen-bond donors (Lipinski definition) is 2. The van der Waals surface area contributed by atoms with Gasteiger partial charge in [0.05, 0.1) is 7.11 Å². The van der Waals surface area contributed by atoms with Crippen LogP contribution in [0.5, 0.6) is 5.88 Å². The SMILES string of the molecule is COc1cc(N2CCN(c3ccccc3)CC2)nc(NC(=S)NC(C)(C)C)n1. The summed E-state index contributed by atoms with van der Waals surface area (Å²) in [4.78, 5) is 13.7. The Morgan fingerprint density at radius 1 is 1.04 bits per heavy atom. The van der Waals surface area contributed by atoms with Crippen molar-refractivity contribution in [2.75, 3.05) is 48.4 Å². The number of para-hydroxylation sites is 1. The Bertz CT molecular complexity index is 800. The van der Waals surface area contributed by atoms with Crippen molar-refractivity contribution in [3.63, 3.8) is 0 Å². The van der Waals surface area contributed by atoms with Gasteiger partial charge >= 0.3 is 0 Å². The Kier molecular flexibility index (Phi) is 6.18. The zero-order valence-electron chi connectivity index (χ0n) is 16.9. The summed E-state index contributed by atoms with van der Waals surface area (Å²) in [6, 6.07) is 12.3. The fraction of sp³-hybridized carbons (Fsp3) is 0.450. The first-order chi connectivity index (χ1) is 13.3. The van der Waals surface area contributed by atoms with Gasteiger partial charge < -0.3 is 25.2 Å². The number of thiocarbonyl (C=S) groups is 1. The van der Waals surface area contributed by atoms with E-state index in [4.69, 9.17) is 17.0 Å². The van der Waals surface area contributed by atoms with Crippen molar-refractivity contribution in [3.05, 3.63) is 36.4 Å². The van der Waals surface area contributed by atoms with Crippen LogP contribution in [0.1, 0.15) is 20.8 Å². The molecule has 1 aliphatic rings. The lowest BCUT2D eigenvalue weighted by Crippen LogP contribution is -2.47. The number of aromatic nitrogens is 2. The van der Waals surface area contributed by atoms with Crippen molar-refractivity contribution in [1.29, 1.82) is 0 Å². The molecule has 0 amide bonds. The zero-order valence-corrected chi connectivity index (χ0v) is 17.7. The molecule has 150 valence electrons. The number of nitrogens with zero attached hydrogens (tertiary/aromatic N) is 4. The van der Waals surface area contributed by atoms with Gasteiger partial charge in [-0.3, -0.25) is 0 Å². The summed E-state index contributed by atoms with van der Waals surface area (Å²) < 4.78 is 5.37. The average Bonchev–Trinajstić information content (AvgIpc) is 2.67. The van der Waals surface area contributed by atoms with Crippen molar-refractivity contribution in [1.82, 2.24) is 15.3 Å². The molecule has 3 rings (SSSR count). The first-order valence-corrected chi connectivity index (χ1v) is 9.82. The number of anilines is 3. The van der Waals surface area contributed by atoms with Crippen molar-refractivity contribution in [3.8, 4) is 5.88 Å². The van der Waals surface area contributed by atoms with Gasteiger partial charge in [-0.1, -0.05) is 18.2 Å².